The molecule has 0 bridgehead atoms. The lowest BCUT2D eigenvalue weighted by Crippen LogP contribution is -1.68. The molecule has 0 aromatic carbocycles. The van der Waals surface area contributed by atoms with Crippen molar-refractivity contribution in [1.82, 2.24) is 0 Å². The Morgan fingerprint density at radius 1 is 1.18 bits per heavy atom. The summed E-state index contributed by atoms with van der Waals surface area (Å²) in [4.78, 5) is 0. The van der Waals surface area contributed by atoms with Crippen LogP contribution in [0, 0.1) is 11.8 Å². The van der Waals surface area contributed by atoms with Gasteiger partial charge in [-0.25, -0.2) is 0 Å². The van der Waals surface area contributed by atoms with Crippen molar-refractivity contribution in [3.8, 4) is 11.8 Å². The van der Waals surface area contributed by atoms with Gasteiger partial charge >= 0.3 is 0 Å². The highest BCUT2D eigenvalue weighted by Gasteiger charge is 1.77. The van der Waals surface area contributed by atoms with Crippen LogP contribution in [0.5, 0.6) is 0 Å². The normalized spacial score (nSPS) is 10.0. The van der Waals surface area contributed by atoms with Crippen LogP contribution in [-0.4, -0.2) is 0 Å². The zero-order chi connectivity index (χ0) is 8.69. The van der Waals surface area contributed by atoms with Crippen molar-refractivity contribution < 1.29 is 0 Å². The van der Waals surface area contributed by atoms with Crippen molar-refractivity contribution in [2.75, 3.05) is 0 Å². The molecule has 0 aromatic rings. The van der Waals surface area contributed by atoms with E-state index in [1.807, 2.05) is 6.92 Å². The van der Waals surface area contributed by atoms with E-state index in [-0.39, 0.29) is 0 Å². The predicted octanol–water partition coefficient (Wildman–Crippen LogP) is 3.31. The van der Waals surface area contributed by atoms with Crippen molar-refractivity contribution in [3.05, 3.63) is 23.3 Å². The first-order valence-electron chi connectivity index (χ1n) is 3.97. The van der Waals surface area contributed by atoms with Gasteiger partial charge in [-0.1, -0.05) is 36.5 Å². The van der Waals surface area contributed by atoms with Gasteiger partial charge in [0.05, 0.1) is 0 Å². The van der Waals surface area contributed by atoms with Gasteiger partial charge in [0.15, 0.2) is 0 Å². The van der Waals surface area contributed by atoms with E-state index in [0.717, 1.165) is 12.0 Å². The maximum Gasteiger partial charge on any atom is 0.00638 e. The maximum absolute atomic E-state index is 3.05. The Balaban J connectivity index is 4.12. The van der Waals surface area contributed by atoms with Crippen LogP contribution in [0.3, 0.4) is 0 Å². The Labute approximate surface area is 70.0 Å². The molecule has 0 saturated heterocycles. The summed E-state index contributed by atoms with van der Waals surface area (Å²) in [5.74, 6) is 6.08. The summed E-state index contributed by atoms with van der Waals surface area (Å²) in [6.07, 6.45) is 5.07. The van der Waals surface area contributed by atoms with Crippen molar-refractivity contribution >= 4 is 0 Å². The second kappa shape index (κ2) is 5.80. The van der Waals surface area contributed by atoms with E-state index in [2.05, 4.69) is 44.8 Å². The number of rotatable bonds is 1. The molecule has 0 aliphatic heterocycles. The van der Waals surface area contributed by atoms with Crippen LogP contribution >= 0.6 is 0 Å². The summed E-state index contributed by atoms with van der Waals surface area (Å²) in [6, 6.07) is 0. The first-order valence-corrected chi connectivity index (χ1v) is 3.97. The molecule has 0 nitrogen and oxygen atoms in total. The van der Waals surface area contributed by atoms with Gasteiger partial charge in [-0.15, -0.1) is 0 Å². The van der Waals surface area contributed by atoms with Crippen LogP contribution in [0.4, 0.5) is 0 Å². The van der Waals surface area contributed by atoms with E-state index < -0.39 is 0 Å². The van der Waals surface area contributed by atoms with Crippen molar-refractivity contribution in [2.24, 2.45) is 0 Å². The molecule has 0 heteroatoms. The quantitative estimate of drug-likeness (QED) is 0.395. The van der Waals surface area contributed by atoms with Gasteiger partial charge < -0.3 is 0 Å². The zero-order valence-electron chi connectivity index (χ0n) is 7.86. The van der Waals surface area contributed by atoms with Gasteiger partial charge in [0.2, 0.25) is 0 Å². The summed E-state index contributed by atoms with van der Waals surface area (Å²) >= 11 is 0. The summed E-state index contributed by atoms with van der Waals surface area (Å²) in [6.45, 7) is 8.25. The highest BCUT2D eigenvalue weighted by molar-refractivity contribution is 5.30. The van der Waals surface area contributed by atoms with Gasteiger partial charge in [0.1, 0.15) is 0 Å². The topological polar surface area (TPSA) is 0 Å². The third-order valence-corrected chi connectivity index (χ3v) is 1.13. The molecule has 0 fully saturated rings. The molecule has 60 valence electrons. The van der Waals surface area contributed by atoms with Gasteiger partial charge in [0, 0.05) is 6.42 Å². The van der Waals surface area contributed by atoms with E-state index in [4.69, 9.17) is 0 Å². The highest BCUT2D eigenvalue weighted by Crippen LogP contribution is 1.94. The van der Waals surface area contributed by atoms with E-state index in [1.54, 1.807) is 0 Å². The molecule has 0 N–H and O–H groups in total. The van der Waals surface area contributed by atoms with Crippen LogP contribution in [0.15, 0.2) is 23.3 Å². The Morgan fingerprint density at radius 2 is 1.82 bits per heavy atom. The average molecular weight is 148 g/mol. The molecule has 0 atom stereocenters. The number of hydrogen-bond donors (Lipinski definition) is 0. The van der Waals surface area contributed by atoms with Crippen LogP contribution in [0.2, 0.25) is 0 Å². The summed E-state index contributed by atoms with van der Waals surface area (Å²) in [5, 5.41) is 0. The van der Waals surface area contributed by atoms with Crippen LogP contribution in [0.1, 0.15) is 34.1 Å². The molecule has 0 spiro atoms. The predicted molar refractivity (Wildman–Crippen MR) is 51.3 cm³/mol. The molecule has 11 heavy (non-hydrogen) atoms. The molecular weight excluding hydrogens is 132 g/mol. The lowest BCUT2D eigenvalue weighted by molar-refractivity contribution is 1.28. The average Bonchev–Trinajstić information content (AvgIpc) is 1.97. The number of allylic oxidation sites excluding steroid dienone is 4. The first-order chi connectivity index (χ1) is 5.16. The molecule has 0 unspecified atom stereocenters. The summed E-state index contributed by atoms with van der Waals surface area (Å²) in [7, 11) is 0. The highest BCUT2D eigenvalue weighted by atomic mass is 13.8. The van der Waals surface area contributed by atoms with Crippen molar-refractivity contribution in [1.29, 1.82) is 0 Å². The maximum atomic E-state index is 3.05. The lowest BCUT2D eigenvalue weighted by atomic mass is 10.2. The Bertz CT molecular complexity index is 214. The van der Waals surface area contributed by atoms with Crippen LogP contribution in [-0.2, 0) is 0 Å². The molecule has 0 saturated carbocycles. The van der Waals surface area contributed by atoms with Gasteiger partial charge in [-0.05, 0) is 26.3 Å². The molecule has 0 radical (unpaired) electrons. The largest absolute Gasteiger partial charge is 0.0985 e. The Hall–Kier alpha value is -0.960. The van der Waals surface area contributed by atoms with Crippen molar-refractivity contribution in [3.63, 3.8) is 0 Å². The fourth-order valence-electron chi connectivity index (χ4n) is 0.561. The van der Waals surface area contributed by atoms with E-state index in [9.17, 15) is 0 Å². The minimum atomic E-state index is 0.931. The molecule has 0 heterocycles. The molecular formula is C11H16. The minimum Gasteiger partial charge on any atom is -0.0985 e. The summed E-state index contributed by atoms with van der Waals surface area (Å²) < 4.78 is 0. The van der Waals surface area contributed by atoms with E-state index in [1.165, 1.54) is 5.57 Å². The Kier molecular flexibility index (Phi) is 5.29. The Morgan fingerprint density at radius 3 is 2.27 bits per heavy atom. The van der Waals surface area contributed by atoms with Crippen molar-refractivity contribution in [2.45, 2.75) is 34.1 Å². The minimum absolute atomic E-state index is 0.931. The molecule has 0 rings (SSSR count). The standard InChI is InChI=1S/C11H16/c1-5-6-7-11(4)9-8-10(2)3/h8-9H,5H2,1-4H3. The number of hydrogen-bond acceptors (Lipinski definition) is 0. The second-order valence-corrected chi connectivity index (χ2v) is 2.75. The van der Waals surface area contributed by atoms with Gasteiger partial charge in [0.25, 0.3) is 0 Å². The molecule has 0 aromatic heterocycles. The third-order valence-electron chi connectivity index (χ3n) is 1.13. The SMILES string of the molecule is CCC#CC(C)=CC=C(C)C. The first kappa shape index (κ1) is 10.0. The zero-order valence-corrected chi connectivity index (χ0v) is 7.86. The van der Waals surface area contributed by atoms with E-state index >= 15 is 0 Å². The fourth-order valence-corrected chi connectivity index (χ4v) is 0.561. The third kappa shape index (κ3) is 6.93. The molecule has 0 aliphatic rings. The lowest BCUT2D eigenvalue weighted by Gasteiger charge is -1.85. The van der Waals surface area contributed by atoms with Gasteiger partial charge in [-0.3, -0.25) is 0 Å². The van der Waals surface area contributed by atoms with Crippen LogP contribution in [0.25, 0.3) is 0 Å². The fraction of sp³-hybridized carbons (Fsp3) is 0.455. The second-order valence-electron chi connectivity index (χ2n) is 2.75. The van der Waals surface area contributed by atoms with Crippen LogP contribution < -0.4 is 0 Å². The smallest absolute Gasteiger partial charge is 0.00638 e. The monoisotopic (exact) mass is 148 g/mol. The van der Waals surface area contributed by atoms with Gasteiger partial charge in [-0.2, -0.15) is 0 Å². The molecule has 0 amide bonds. The van der Waals surface area contributed by atoms with E-state index in [0.29, 0.717) is 0 Å². The summed E-state index contributed by atoms with van der Waals surface area (Å²) in [5.41, 5.74) is 2.44. The molecule has 0 aliphatic carbocycles.